The lowest BCUT2D eigenvalue weighted by Crippen LogP contribution is -2.23. The quantitative estimate of drug-likeness (QED) is 0.346. The standard InChI is InChI=1S/C25H17ClN4OS2/c26-13-7-5-12(6-8-13)19-21-16(9-10-18-20(21)14(11-27)24(29)32-18)31-23(28)22(19)25-30-15-3-1-2-4-17(15)33-25/h1-8,19H,9-10,28-29H2. The molecule has 0 amide bonds. The second-order valence-electron chi connectivity index (χ2n) is 7.94. The minimum Gasteiger partial charge on any atom is -0.445 e. The van der Waals surface area contributed by atoms with Crippen molar-refractivity contribution < 1.29 is 4.74 Å². The third-order valence-electron chi connectivity index (χ3n) is 6.07. The van der Waals surface area contributed by atoms with Crippen LogP contribution in [0.15, 0.2) is 60.2 Å². The number of nitriles is 1. The molecule has 3 heterocycles. The SMILES string of the molecule is N#Cc1c(N)sc2c1C1=C(CC2)OC(N)=C(c2nc3ccccc3s2)C1c1ccc(Cl)cc1. The highest BCUT2D eigenvalue weighted by Crippen LogP contribution is 2.55. The van der Waals surface area contributed by atoms with E-state index in [9.17, 15) is 5.26 Å². The predicted molar refractivity (Wildman–Crippen MR) is 135 cm³/mol. The summed E-state index contributed by atoms with van der Waals surface area (Å²) in [5, 5.41) is 11.9. The Morgan fingerprint density at radius 1 is 1.03 bits per heavy atom. The van der Waals surface area contributed by atoms with Crippen LogP contribution in [0.5, 0.6) is 0 Å². The van der Waals surface area contributed by atoms with E-state index in [0.29, 0.717) is 27.9 Å². The van der Waals surface area contributed by atoms with Gasteiger partial charge in [0.1, 0.15) is 21.8 Å². The van der Waals surface area contributed by atoms with Crippen LogP contribution in [0.25, 0.3) is 21.4 Å². The molecule has 4 N–H and O–H groups in total. The van der Waals surface area contributed by atoms with Crippen molar-refractivity contribution in [2.75, 3.05) is 5.73 Å². The van der Waals surface area contributed by atoms with E-state index in [2.05, 4.69) is 6.07 Å². The van der Waals surface area contributed by atoms with Crippen molar-refractivity contribution >= 4 is 60.6 Å². The number of aromatic nitrogens is 1. The van der Waals surface area contributed by atoms with Crippen molar-refractivity contribution in [2.24, 2.45) is 5.73 Å². The predicted octanol–water partition coefficient (Wildman–Crippen LogP) is 6.26. The molecule has 8 heteroatoms. The minimum absolute atomic E-state index is 0.258. The van der Waals surface area contributed by atoms with E-state index in [4.69, 9.17) is 32.8 Å². The fraction of sp³-hybridized carbons (Fsp3) is 0.120. The third-order valence-corrected chi connectivity index (χ3v) is 8.47. The molecule has 0 saturated carbocycles. The van der Waals surface area contributed by atoms with Crippen LogP contribution in [0.3, 0.4) is 0 Å². The van der Waals surface area contributed by atoms with Gasteiger partial charge < -0.3 is 16.2 Å². The number of benzene rings is 2. The average molecular weight is 489 g/mol. The summed E-state index contributed by atoms with van der Waals surface area (Å²) in [6, 6.07) is 18.1. The first-order valence-electron chi connectivity index (χ1n) is 10.4. The highest BCUT2D eigenvalue weighted by molar-refractivity contribution is 7.19. The molecule has 1 unspecified atom stereocenters. The van der Waals surface area contributed by atoms with Crippen molar-refractivity contribution in [3.63, 3.8) is 0 Å². The van der Waals surface area contributed by atoms with E-state index < -0.39 is 0 Å². The number of halogens is 1. The molecule has 5 nitrogen and oxygen atoms in total. The summed E-state index contributed by atoms with van der Waals surface area (Å²) in [7, 11) is 0. The maximum Gasteiger partial charge on any atom is 0.197 e. The molecule has 0 radical (unpaired) electrons. The van der Waals surface area contributed by atoms with E-state index >= 15 is 0 Å². The van der Waals surface area contributed by atoms with Crippen molar-refractivity contribution in [3.8, 4) is 6.07 Å². The number of thiophene rings is 1. The van der Waals surface area contributed by atoms with E-state index in [0.717, 1.165) is 54.6 Å². The van der Waals surface area contributed by atoms with Crippen LogP contribution >= 0.6 is 34.3 Å². The molecule has 6 rings (SSSR count). The van der Waals surface area contributed by atoms with Crippen LogP contribution in [0.1, 0.15) is 38.9 Å². The zero-order chi connectivity index (χ0) is 22.7. The number of nitrogen functional groups attached to an aromatic ring is 1. The summed E-state index contributed by atoms with van der Waals surface area (Å²) in [5.74, 6) is 0.878. The van der Waals surface area contributed by atoms with Crippen LogP contribution in [0.2, 0.25) is 5.02 Å². The third kappa shape index (κ3) is 3.14. The van der Waals surface area contributed by atoms with Gasteiger partial charge in [-0.3, -0.25) is 0 Å². The number of anilines is 1. The Morgan fingerprint density at radius 3 is 2.58 bits per heavy atom. The summed E-state index contributed by atoms with van der Waals surface area (Å²) < 4.78 is 7.30. The smallest absolute Gasteiger partial charge is 0.197 e. The topological polar surface area (TPSA) is 98.0 Å². The fourth-order valence-electron chi connectivity index (χ4n) is 4.66. The lowest BCUT2D eigenvalue weighted by molar-refractivity contribution is 0.281. The molecule has 1 atom stereocenters. The zero-order valence-electron chi connectivity index (χ0n) is 17.3. The van der Waals surface area contributed by atoms with Gasteiger partial charge in [0.15, 0.2) is 5.88 Å². The molecular formula is C25H17ClN4OS2. The number of hydrogen-bond donors (Lipinski definition) is 2. The largest absolute Gasteiger partial charge is 0.445 e. The first-order chi connectivity index (χ1) is 16.0. The summed E-state index contributed by atoms with van der Waals surface area (Å²) >= 11 is 9.28. The molecule has 33 heavy (non-hydrogen) atoms. The highest BCUT2D eigenvalue weighted by Gasteiger charge is 2.40. The number of hydrogen-bond acceptors (Lipinski definition) is 7. The minimum atomic E-state index is -0.258. The van der Waals surface area contributed by atoms with Crippen LogP contribution in [0.4, 0.5) is 5.00 Å². The van der Waals surface area contributed by atoms with Crippen molar-refractivity contribution in [1.82, 2.24) is 4.98 Å². The number of nitrogens with two attached hydrogens (primary N) is 2. The number of thiazole rings is 1. The summed E-state index contributed by atoms with van der Waals surface area (Å²) in [5.41, 5.74) is 17.9. The van der Waals surface area contributed by atoms with Crippen molar-refractivity contribution in [1.29, 1.82) is 5.26 Å². The van der Waals surface area contributed by atoms with Crippen LogP contribution < -0.4 is 11.5 Å². The second-order valence-corrected chi connectivity index (χ2v) is 10.5. The molecule has 0 saturated heterocycles. The first-order valence-corrected chi connectivity index (χ1v) is 12.4. The molecule has 0 bridgehead atoms. The van der Waals surface area contributed by atoms with Crippen LogP contribution in [-0.2, 0) is 11.2 Å². The Bertz CT molecular complexity index is 1510. The summed E-state index contributed by atoms with van der Waals surface area (Å²) in [4.78, 5) is 5.99. The number of rotatable bonds is 2. The Labute approximate surface area is 203 Å². The van der Waals surface area contributed by atoms with E-state index in [-0.39, 0.29) is 5.92 Å². The van der Waals surface area contributed by atoms with Gasteiger partial charge in [-0.2, -0.15) is 5.26 Å². The van der Waals surface area contributed by atoms with Gasteiger partial charge in [-0.1, -0.05) is 35.9 Å². The first kappa shape index (κ1) is 20.3. The van der Waals surface area contributed by atoms with Gasteiger partial charge in [0.05, 0.1) is 21.4 Å². The van der Waals surface area contributed by atoms with E-state index in [1.165, 1.54) is 11.3 Å². The Morgan fingerprint density at radius 2 is 1.82 bits per heavy atom. The molecule has 2 aliphatic rings. The lowest BCUT2D eigenvalue weighted by Gasteiger charge is -2.34. The Balaban J connectivity index is 1.63. The van der Waals surface area contributed by atoms with Gasteiger partial charge in [0.2, 0.25) is 0 Å². The van der Waals surface area contributed by atoms with Crippen LogP contribution in [0, 0.1) is 11.3 Å². The second kappa shape index (κ2) is 7.63. The Hall–Kier alpha value is -3.31. The zero-order valence-corrected chi connectivity index (χ0v) is 19.7. The molecule has 1 aliphatic carbocycles. The normalized spacial score (nSPS) is 17.5. The molecular weight excluding hydrogens is 472 g/mol. The van der Waals surface area contributed by atoms with Gasteiger partial charge in [-0.05, 0) is 36.2 Å². The number of para-hydroxylation sites is 1. The van der Waals surface area contributed by atoms with Gasteiger partial charge in [0.25, 0.3) is 0 Å². The number of fused-ring (bicyclic) bond motifs is 3. The van der Waals surface area contributed by atoms with Crippen molar-refractivity contribution in [2.45, 2.75) is 18.8 Å². The average Bonchev–Trinajstić information content (AvgIpc) is 3.38. The summed E-state index contributed by atoms with van der Waals surface area (Å²) in [6.45, 7) is 0. The molecule has 1 aliphatic heterocycles. The molecule has 2 aromatic heterocycles. The lowest BCUT2D eigenvalue weighted by atomic mass is 9.76. The summed E-state index contributed by atoms with van der Waals surface area (Å²) in [6.07, 6.45) is 1.47. The van der Waals surface area contributed by atoms with Gasteiger partial charge in [0, 0.05) is 33.4 Å². The highest BCUT2D eigenvalue weighted by atomic mass is 35.5. The van der Waals surface area contributed by atoms with Crippen molar-refractivity contribution in [3.05, 3.63) is 91.8 Å². The maximum absolute atomic E-state index is 9.93. The molecule has 4 aromatic rings. The monoisotopic (exact) mass is 488 g/mol. The number of allylic oxidation sites excluding steroid dienone is 3. The number of nitrogens with zero attached hydrogens (tertiary/aromatic N) is 2. The molecule has 0 spiro atoms. The fourth-order valence-corrected chi connectivity index (χ4v) is 6.87. The maximum atomic E-state index is 9.93. The van der Waals surface area contributed by atoms with Gasteiger partial charge in [-0.25, -0.2) is 4.98 Å². The van der Waals surface area contributed by atoms with Gasteiger partial charge >= 0.3 is 0 Å². The van der Waals surface area contributed by atoms with Crippen LogP contribution in [-0.4, -0.2) is 4.98 Å². The van der Waals surface area contributed by atoms with E-state index in [1.807, 2.05) is 48.5 Å². The molecule has 0 fully saturated rings. The van der Waals surface area contributed by atoms with E-state index in [1.54, 1.807) is 11.3 Å². The number of ether oxygens (including phenoxy) is 1. The number of aryl methyl sites for hydroxylation is 1. The molecule has 162 valence electrons. The Kier molecular flexibility index (Phi) is 4.70. The van der Waals surface area contributed by atoms with Gasteiger partial charge in [-0.15, -0.1) is 22.7 Å². The molecule has 2 aromatic carbocycles.